The molecule has 1 rings (SSSR count). The van der Waals surface area contributed by atoms with E-state index in [0.29, 0.717) is 13.0 Å². The molecule has 0 unspecified atom stereocenters. The van der Waals surface area contributed by atoms with E-state index in [2.05, 4.69) is 12.2 Å². The van der Waals surface area contributed by atoms with Gasteiger partial charge in [-0.2, -0.15) is 0 Å². The largest absolute Gasteiger partial charge is 0.494 e. The van der Waals surface area contributed by atoms with Crippen molar-refractivity contribution in [3.63, 3.8) is 0 Å². The smallest absolute Gasteiger partial charge is 0.220 e. The zero-order chi connectivity index (χ0) is 13.2. The molecule has 0 saturated carbocycles. The Labute approximate surface area is 110 Å². The fraction of sp³-hybridized carbons (Fsp3) is 0.533. The maximum absolute atomic E-state index is 11.6. The van der Waals surface area contributed by atoms with Crippen molar-refractivity contribution in [3.8, 4) is 5.75 Å². The molecule has 1 N–H and O–H groups in total. The number of aryl methyl sites for hydroxylation is 1. The first-order chi connectivity index (χ1) is 8.77. The van der Waals surface area contributed by atoms with Gasteiger partial charge in [-0.1, -0.05) is 31.5 Å². The van der Waals surface area contributed by atoms with Crippen LogP contribution < -0.4 is 10.1 Å². The number of unbranched alkanes of at least 4 members (excludes halogenated alkanes) is 1. The van der Waals surface area contributed by atoms with Gasteiger partial charge in [0.2, 0.25) is 5.91 Å². The van der Waals surface area contributed by atoms with Crippen LogP contribution in [0.1, 0.15) is 38.7 Å². The number of amides is 1. The van der Waals surface area contributed by atoms with Crippen LogP contribution in [0, 0.1) is 0 Å². The Morgan fingerprint density at radius 1 is 1.28 bits per heavy atom. The number of hydrogen-bond donors (Lipinski definition) is 1. The first-order valence-electron chi connectivity index (χ1n) is 6.75. The van der Waals surface area contributed by atoms with Crippen molar-refractivity contribution in [1.82, 2.24) is 5.32 Å². The molecular weight excluding hydrogens is 226 g/mol. The fourth-order valence-corrected chi connectivity index (χ4v) is 1.75. The van der Waals surface area contributed by atoms with Crippen LogP contribution in [0.5, 0.6) is 5.75 Å². The molecule has 0 aliphatic carbocycles. The molecule has 1 aromatic carbocycles. The Morgan fingerprint density at radius 2 is 2.06 bits per heavy atom. The molecule has 100 valence electrons. The van der Waals surface area contributed by atoms with Crippen molar-refractivity contribution in [2.45, 2.75) is 39.5 Å². The Morgan fingerprint density at radius 3 is 2.78 bits per heavy atom. The van der Waals surface area contributed by atoms with Gasteiger partial charge in [-0.25, -0.2) is 0 Å². The second-order valence-corrected chi connectivity index (χ2v) is 4.24. The zero-order valence-corrected chi connectivity index (χ0v) is 11.4. The number of nitrogens with one attached hydrogen (secondary N) is 1. The van der Waals surface area contributed by atoms with E-state index in [9.17, 15) is 4.79 Å². The Bertz CT molecular complexity index is 363. The summed E-state index contributed by atoms with van der Waals surface area (Å²) < 4.78 is 5.54. The molecule has 0 bridgehead atoms. The second kappa shape index (κ2) is 8.56. The van der Waals surface area contributed by atoms with Gasteiger partial charge >= 0.3 is 0 Å². The van der Waals surface area contributed by atoms with Gasteiger partial charge in [-0.15, -0.1) is 0 Å². The lowest BCUT2D eigenvalue weighted by molar-refractivity contribution is -0.121. The lowest BCUT2D eigenvalue weighted by atomic mass is 10.1. The number of hydrogen-bond acceptors (Lipinski definition) is 2. The van der Waals surface area contributed by atoms with Crippen molar-refractivity contribution in [2.24, 2.45) is 0 Å². The molecule has 3 nitrogen and oxygen atoms in total. The summed E-state index contributed by atoms with van der Waals surface area (Å²) in [7, 11) is 0. The van der Waals surface area contributed by atoms with Crippen LogP contribution in [-0.4, -0.2) is 19.1 Å². The number of rotatable bonds is 8. The minimum Gasteiger partial charge on any atom is -0.494 e. The van der Waals surface area contributed by atoms with Gasteiger partial charge in [0.25, 0.3) is 0 Å². The number of ether oxygens (including phenoxy) is 1. The molecule has 0 spiro atoms. The van der Waals surface area contributed by atoms with Gasteiger partial charge in [0.1, 0.15) is 5.75 Å². The van der Waals surface area contributed by atoms with Gasteiger partial charge < -0.3 is 10.1 Å². The molecular formula is C15H23NO2. The van der Waals surface area contributed by atoms with Crippen molar-refractivity contribution in [3.05, 3.63) is 29.8 Å². The third-order valence-electron chi connectivity index (χ3n) is 2.75. The highest BCUT2D eigenvalue weighted by Gasteiger charge is 2.05. The Balaban J connectivity index is 2.40. The van der Waals surface area contributed by atoms with Gasteiger partial charge in [0.05, 0.1) is 6.61 Å². The number of para-hydroxylation sites is 1. The first-order valence-corrected chi connectivity index (χ1v) is 6.75. The van der Waals surface area contributed by atoms with Crippen molar-refractivity contribution in [1.29, 1.82) is 0 Å². The zero-order valence-electron chi connectivity index (χ0n) is 11.4. The molecule has 0 aromatic heterocycles. The predicted octanol–water partition coefficient (Wildman–Crippen LogP) is 2.93. The van der Waals surface area contributed by atoms with Crippen LogP contribution in [0.15, 0.2) is 24.3 Å². The number of carbonyl (C=O) groups is 1. The third-order valence-corrected chi connectivity index (χ3v) is 2.75. The molecule has 0 atom stereocenters. The summed E-state index contributed by atoms with van der Waals surface area (Å²) in [4.78, 5) is 11.6. The second-order valence-electron chi connectivity index (χ2n) is 4.24. The molecule has 0 radical (unpaired) electrons. The van der Waals surface area contributed by atoms with E-state index in [1.54, 1.807) is 0 Å². The van der Waals surface area contributed by atoms with E-state index in [1.165, 1.54) is 0 Å². The lowest BCUT2D eigenvalue weighted by Crippen LogP contribution is -2.24. The summed E-state index contributed by atoms with van der Waals surface area (Å²) in [5, 5.41) is 2.93. The highest BCUT2D eigenvalue weighted by Crippen LogP contribution is 2.19. The molecule has 0 heterocycles. The van der Waals surface area contributed by atoms with E-state index in [0.717, 1.165) is 37.1 Å². The lowest BCUT2D eigenvalue weighted by Gasteiger charge is -2.09. The monoisotopic (exact) mass is 249 g/mol. The van der Waals surface area contributed by atoms with Gasteiger partial charge in [0, 0.05) is 13.0 Å². The summed E-state index contributed by atoms with van der Waals surface area (Å²) in [6.07, 6.45) is 3.40. The minimum absolute atomic E-state index is 0.120. The van der Waals surface area contributed by atoms with Crippen molar-refractivity contribution in [2.75, 3.05) is 13.2 Å². The van der Waals surface area contributed by atoms with Crippen molar-refractivity contribution >= 4 is 5.91 Å². The average Bonchev–Trinajstić information content (AvgIpc) is 2.38. The quantitative estimate of drug-likeness (QED) is 0.719. The highest BCUT2D eigenvalue weighted by atomic mass is 16.5. The van der Waals surface area contributed by atoms with E-state index < -0.39 is 0 Å². The molecule has 18 heavy (non-hydrogen) atoms. The third kappa shape index (κ3) is 5.21. The number of carbonyl (C=O) groups excluding carboxylic acids is 1. The van der Waals surface area contributed by atoms with Crippen LogP contribution in [0.3, 0.4) is 0 Å². The minimum atomic E-state index is 0.120. The van der Waals surface area contributed by atoms with Crippen LogP contribution >= 0.6 is 0 Å². The van der Waals surface area contributed by atoms with E-state index in [4.69, 9.17) is 4.74 Å². The van der Waals surface area contributed by atoms with Crippen LogP contribution in [-0.2, 0) is 11.2 Å². The SMILES string of the molecule is CCCCNC(=O)CCc1ccccc1OCC. The summed E-state index contributed by atoms with van der Waals surface area (Å²) in [6, 6.07) is 7.90. The molecule has 1 aromatic rings. The maximum atomic E-state index is 11.6. The standard InChI is InChI=1S/C15H23NO2/c1-3-5-12-16-15(17)11-10-13-8-6-7-9-14(13)18-4-2/h6-9H,3-5,10-12H2,1-2H3,(H,16,17). The topological polar surface area (TPSA) is 38.3 Å². The van der Waals surface area contributed by atoms with Crippen LogP contribution in [0.25, 0.3) is 0 Å². The Kier molecular flexibility index (Phi) is 6.92. The van der Waals surface area contributed by atoms with E-state index in [1.807, 2.05) is 31.2 Å². The fourth-order valence-electron chi connectivity index (χ4n) is 1.75. The molecule has 0 fully saturated rings. The summed E-state index contributed by atoms with van der Waals surface area (Å²) >= 11 is 0. The van der Waals surface area contributed by atoms with Gasteiger partial charge in [-0.3, -0.25) is 4.79 Å². The van der Waals surface area contributed by atoms with Gasteiger partial charge in [-0.05, 0) is 31.4 Å². The summed E-state index contributed by atoms with van der Waals surface area (Å²) in [6.45, 7) is 5.51. The molecule has 0 aliphatic heterocycles. The maximum Gasteiger partial charge on any atom is 0.220 e. The Hall–Kier alpha value is -1.51. The van der Waals surface area contributed by atoms with Crippen LogP contribution in [0.4, 0.5) is 0 Å². The highest BCUT2D eigenvalue weighted by molar-refractivity contribution is 5.76. The van der Waals surface area contributed by atoms with E-state index in [-0.39, 0.29) is 5.91 Å². The summed E-state index contributed by atoms with van der Waals surface area (Å²) in [5.41, 5.74) is 1.10. The number of benzene rings is 1. The average molecular weight is 249 g/mol. The van der Waals surface area contributed by atoms with Crippen molar-refractivity contribution < 1.29 is 9.53 Å². The first kappa shape index (κ1) is 14.6. The predicted molar refractivity (Wildman–Crippen MR) is 73.8 cm³/mol. The van der Waals surface area contributed by atoms with Crippen LogP contribution in [0.2, 0.25) is 0 Å². The van der Waals surface area contributed by atoms with E-state index >= 15 is 0 Å². The molecule has 0 saturated heterocycles. The molecule has 0 aliphatic rings. The van der Waals surface area contributed by atoms with Gasteiger partial charge in [0.15, 0.2) is 0 Å². The normalized spacial score (nSPS) is 10.1. The summed E-state index contributed by atoms with van der Waals surface area (Å²) in [5.74, 6) is 1.01. The molecule has 1 amide bonds. The molecule has 3 heteroatoms.